The summed E-state index contributed by atoms with van der Waals surface area (Å²) in [5.41, 5.74) is 0.421. The van der Waals surface area contributed by atoms with Crippen molar-refractivity contribution in [3.05, 3.63) is 30.1 Å². The molecule has 3 aliphatic rings. The number of likely N-dealkylation sites (tertiary alicyclic amines) is 2. The summed E-state index contributed by atoms with van der Waals surface area (Å²) in [6.45, 7) is 5.41. The SMILES string of the molecule is O=C(CN1CCCCC1)N1CCCCC2(CCN(Cc3ccccn3)CC2)C(=O)OC[C@@H](O)[C@@H](O)CC1. The van der Waals surface area contributed by atoms with E-state index in [1.807, 2.05) is 23.1 Å². The van der Waals surface area contributed by atoms with Gasteiger partial charge >= 0.3 is 5.97 Å². The van der Waals surface area contributed by atoms with Crippen LogP contribution in [-0.2, 0) is 20.9 Å². The molecule has 3 fully saturated rings. The fourth-order valence-electron chi connectivity index (χ4n) is 5.86. The number of carbonyl (C=O) groups is 2. The van der Waals surface area contributed by atoms with Gasteiger partial charge < -0.3 is 19.8 Å². The van der Waals surface area contributed by atoms with Gasteiger partial charge in [0.15, 0.2) is 0 Å². The number of cyclic esters (lactones) is 1. The molecule has 9 heteroatoms. The Hall–Kier alpha value is -2.07. The molecule has 37 heavy (non-hydrogen) atoms. The van der Waals surface area contributed by atoms with Crippen LogP contribution in [0.15, 0.2) is 24.4 Å². The van der Waals surface area contributed by atoms with Crippen LogP contribution in [0, 0.1) is 5.41 Å². The summed E-state index contributed by atoms with van der Waals surface area (Å²) in [4.78, 5) is 37.2. The molecule has 0 unspecified atom stereocenters. The third kappa shape index (κ3) is 7.96. The summed E-state index contributed by atoms with van der Waals surface area (Å²) < 4.78 is 5.59. The van der Waals surface area contributed by atoms with Crippen LogP contribution in [0.2, 0.25) is 0 Å². The van der Waals surface area contributed by atoms with Gasteiger partial charge in [-0.2, -0.15) is 0 Å². The number of pyridine rings is 1. The predicted molar refractivity (Wildman–Crippen MR) is 139 cm³/mol. The topological polar surface area (TPSA) is 106 Å². The van der Waals surface area contributed by atoms with Crippen LogP contribution in [0.3, 0.4) is 0 Å². The number of piperidine rings is 2. The van der Waals surface area contributed by atoms with E-state index < -0.39 is 17.6 Å². The number of ether oxygens (including phenoxy) is 1. The molecule has 2 atom stereocenters. The van der Waals surface area contributed by atoms with E-state index in [4.69, 9.17) is 4.74 Å². The first-order valence-corrected chi connectivity index (χ1v) is 14.1. The molecule has 0 bridgehead atoms. The summed E-state index contributed by atoms with van der Waals surface area (Å²) in [5.74, 6) is -0.183. The molecular weight excluding hydrogens is 472 g/mol. The highest BCUT2D eigenvalue weighted by Gasteiger charge is 2.42. The molecule has 1 aromatic rings. The van der Waals surface area contributed by atoms with E-state index in [-0.39, 0.29) is 24.9 Å². The summed E-state index contributed by atoms with van der Waals surface area (Å²) in [7, 11) is 0. The van der Waals surface area contributed by atoms with Crippen LogP contribution in [0.5, 0.6) is 0 Å². The molecule has 4 rings (SSSR count). The van der Waals surface area contributed by atoms with E-state index >= 15 is 0 Å². The van der Waals surface area contributed by atoms with Gasteiger partial charge in [0.1, 0.15) is 12.7 Å². The number of aliphatic hydroxyl groups excluding tert-OH is 2. The zero-order valence-electron chi connectivity index (χ0n) is 22.1. The maximum Gasteiger partial charge on any atom is 0.312 e. The number of hydrogen-bond donors (Lipinski definition) is 2. The molecule has 0 aromatic carbocycles. The molecule has 1 aromatic heterocycles. The molecule has 3 saturated heterocycles. The van der Waals surface area contributed by atoms with Gasteiger partial charge in [0.05, 0.1) is 23.8 Å². The van der Waals surface area contributed by atoms with Gasteiger partial charge in [0.2, 0.25) is 5.91 Å². The molecule has 9 nitrogen and oxygen atoms in total. The first-order chi connectivity index (χ1) is 17.9. The van der Waals surface area contributed by atoms with Crippen LogP contribution in [0.4, 0.5) is 0 Å². The lowest BCUT2D eigenvalue weighted by Gasteiger charge is -2.40. The van der Waals surface area contributed by atoms with E-state index in [9.17, 15) is 19.8 Å². The molecule has 1 amide bonds. The first-order valence-electron chi connectivity index (χ1n) is 14.1. The number of aliphatic hydroxyl groups is 2. The van der Waals surface area contributed by atoms with Crippen LogP contribution < -0.4 is 0 Å². The normalized spacial score (nSPS) is 27.1. The van der Waals surface area contributed by atoms with E-state index in [0.29, 0.717) is 38.9 Å². The lowest BCUT2D eigenvalue weighted by molar-refractivity contribution is -0.165. The molecule has 3 aliphatic heterocycles. The Morgan fingerprint density at radius 2 is 1.68 bits per heavy atom. The van der Waals surface area contributed by atoms with Gasteiger partial charge in [-0.1, -0.05) is 18.9 Å². The second-order valence-corrected chi connectivity index (χ2v) is 11.1. The Morgan fingerprint density at radius 3 is 2.41 bits per heavy atom. The number of hydrogen-bond acceptors (Lipinski definition) is 8. The van der Waals surface area contributed by atoms with Gasteiger partial charge in [-0.15, -0.1) is 0 Å². The standard InChI is InChI=1S/C28H44N4O5/c33-24-9-17-32(26(35)21-30-14-5-1-6-15-30)16-7-3-10-28(27(36)37-22-25(24)34)11-18-31(19-12-28)20-23-8-2-4-13-29-23/h2,4,8,13,24-25,33-34H,1,3,5-7,9-12,14-22H2/t24-,25+/m0/s1. The van der Waals surface area contributed by atoms with Crippen molar-refractivity contribution < 1.29 is 24.5 Å². The Labute approximate surface area is 220 Å². The van der Waals surface area contributed by atoms with Crippen molar-refractivity contribution in [2.45, 2.75) is 76.5 Å². The summed E-state index contributed by atoms with van der Waals surface area (Å²) >= 11 is 0. The van der Waals surface area contributed by atoms with Crippen molar-refractivity contribution in [3.8, 4) is 0 Å². The summed E-state index contributed by atoms with van der Waals surface area (Å²) in [6.07, 6.45) is 7.06. The van der Waals surface area contributed by atoms with E-state index in [1.165, 1.54) is 6.42 Å². The predicted octanol–water partition coefficient (Wildman–Crippen LogP) is 1.82. The monoisotopic (exact) mass is 516 g/mol. The van der Waals surface area contributed by atoms with E-state index in [0.717, 1.165) is 64.1 Å². The van der Waals surface area contributed by atoms with Gasteiger partial charge in [-0.25, -0.2) is 0 Å². The zero-order valence-corrected chi connectivity index (χ0v) is 22.1. The average Bonchev–Trinajstić information content (AvgIpc) is 2.93. The number of esters is 1. The molecule has 0 saturated carbocycles. The van der Waals surface area contributed by atoms with Crippen molar-refractivity contribution in [1.82, 2.24) is 19.7 Å². The fraction of sp³-hybridized carbons (Fsp3) is 0.750. The average molecular weight is 517 g/mol. The van der Waals surface area contributed by atoms with Gasteiger partial charge in [0.25, 0.3) is 0 Å². The van der Waals surface area contributed by atoms with Crippen LogP contribution in [0.25, 0.3) is 0 Å². The highest BCUT2D eigenvalue weighted by atomic mass is 16.5. The largest absolute Gasteiger partial charge is 0.462 e. The van der Waals surface area contributed by atoms with E-state index in [2.05, 4.69) is 14.8 Å². The van der Waals surface area contributed by atoms with Gasteiger partial charge in [-0.05, 0) is 83.3 Å². The minimum Gasteiger partial charge on any atom is -0.462 e. The second kappa shape index (κ2) is 13.6. The molecule has 0 radical (unpaired) electrons. The Kier molecular flexibility index (Phi) is 10.3. The second-order valence-electron chi connectivity index (χ2n) is 11.1. The number of amides is 1. The smallest absolute Gasteiger partial charge is 0.312 e. The molecule has 0 aliphatic carbocycles. The maximum atomic E-state index is 13.3. The van der Waals surface area contributed by atoms with Crippen LogP contribution in [0.1, 0.15) is 63.5 Å². The Balaban J connectivity index is 1.37. The fourth-order valence-corrected chi connectivity index (χ4v) is 5.86. The zero-order chi connectivity index (χ0) is 26.1. The maximum absolute atomic E-state index is 13.3. The van der Waals surface area contributed by atoms with Crippen LogP contribution in [-0.4, -0.2) is 106 Å². The number of rotatable bonds is 4. The van der Waals surface area contributed by atoms with Crippen molar-refractivity contribution in [1.29, 1.82) is 0 Å². The number of aromatic nitrogens is 1. The van der Waals surface area contributed by atoms with Crippen molar-refractivity contribution in [3.63, 3.8) is 0 Å². The minimum atomic E-state index is -1.16. The summed E-state index contributed by atoms with van der Waals surface area (Å²) in [5, 5.41) is 21.0. The highest BCUT2D eigenvalue weighted by Crippen LogP contribution is 2.38. The minimum absolute atomic E-state index is 0.0864. The third-order valence-electron chi connectivity index (χ3n) is 8.38. The highest BCUT2D eigenvalue weighted by molar-refractivity contribution is 5.78. The molecular formula is C28H44N4O5. The first kappa shape index (κ1) is 28.0. The van der Waals surface area contributed by atoms with Crippen molar-refractivity contribution >= 4 is 11.9 Å². The molecule has 2 N–H and O–H groups in total. The third-order valence-corrected chi connectivity index (χ3v) is 8.38. The number of carbonyl (C=O) groups excluding carboxylic acids is 2. The van der Waals surface area contributed by atoms with Gasteiger partial charge in [0, 0.05) is 25.8 Å². The van der Waals surface area contributed by atoms with Gasteiger partial charge in [-0.3, -0.25) is 24.4 Å². The molecule has 206 valence electrons. The Morgan fingerprint density at radius 1 is 0.919 bits per heavy atom. The van der Waals surface area contributed by atoms with Crippen LogP contribution >= 0.6 is 0 Å². The quantitative estimate of drug-likeness (QED) is 0.584. The van der Waals surface area contributed by atoms with E-state index in [1.54, 1.807) is 6.20 Å². The van der Waals surface area contributed by atoms with Crippen molar-refractivity contribution in [2.75, 3.05) is 52.4 Å². The van der Waals surface area contributed by atoms with Crippen molar-refractivity contribution in [2.24, 2.45) is 5.41 Å². The molecule has 1 spiro atoms. The lowest BCUT2D eigenvalue weighted by Crippen LogP contribution is -2.46. The number of nitrogens with zero attached hydrogens (tertiary/aromatic N) is 4. The molecule has 4 heterocycles. The summed E-state index contributed by atoms with van der Waals surface area (Å²) in [6, 6.07) is 5.91. The Bertz CT molecular complexity index is 855. The lowest BCUT2D eigenvalue weighted by atomic mass is 9.74.